The SMILES string of the molecule is [c]1cccc2c1CC=CS2. The molecule has 0 atom stereocenters. The Morgan fingerprint density at radius 2 is 2.50 bits per heavy atom. The molecule has 1 aromatic rings. The van der Waals surface area contributed by atoms with Crippen molar-refractivity contribution in [2.45, 2.75) is 11.3 Å². The van der Waals surface area contributed by atoms with Crippen LogP contribution in [-0.2, 0) is 6.42 Å². The van der Waals surface area contributed by atoms with E-state index in [1.807, 2.05) is 12.1 Å². The van der Waals surface area contributed by atoms with Gasteiger partial charge in [0.15, 0.2) is 0 Å². The van der Waals surface area contributed by atoms with Gasteiger partial charge in [0.2, 0.25) is 0 Å². The Hall–Kier alpha value is -0.690. The van der Waals surface area contributed by atoms with Gasteiger partial charge in [0.25, 0.3) is 0 Å². The Bertz CT molecular complexity index is 236. The summed E-state index contributed by atoms with van der Waals surface area (Å²) in [5, 5.41) is 2.14. The van der Waals surface area contributed by atoms with Crippen molar-refractivity contribution >= 4 is 11.8 Å². The zero-order valence-electron chi connectivity index (χ0n) is 5.50. The summed E-state index contributed by atoms with van der Waals surface area (Å²) in [6.45, 7) is 0. The van der Waals surface area contributed by atoms with Crippen LogP contribution in [0, 0.1) is 6.07 Å². The van der Waals surface area contributed by atoms with Crippen LogP contribution in [0.2, 0.25) is 0 Å². The van der Waals surface area contributed by atoms with Crippen LogP contribution in [0.3, 0.4) is 0 Å². The van der Waals surface area contributed by atoms with E-state index < -0.39 is 0 Å². The summed E-state index contributed by atoms with van der Waals surface area (Å²) in [6, 6.07) is 9.36. The molecular formula is C9H7S. The number of allylic oxidation sites excluding steroid dienone is 1. The van der Waals surface area contributed by atoms with E-state index in [-0.39, 0.29) is 0 Å². The van der Waals surface area contributed by atoms with Gasteiger partial charge in [-0.05, 0) is 29.5 Å². The molecule has 0 unspecified atom stereocenters. The van der Waals surface area contributed by atoms with Crippen molar-refractivity contribution < 1.29 is 0 Å². The molecule has 0 fully saturated rings. The van der Waals surface area contributed by atoms with Crippen LogP contribution in [0.5, 0.6) is 0 Å². The Balaban J connectivity index is 2.47. The van der Waals surface area contributed by atoms with Gasteiger partial charge in [-0.2, -0.15) is 0 Å². The second-order valence-electron chi connectivity index (χ2n) is 2.21. The zero-order chi connectivity index (χ0) is 6.81. The van der Waals surface area contributed by atoms with Gasteiger partial charge < -0.3 is 0 Å². The fourth-order valence-electron chi connectivity index (χ4n) is 1.01. The predicted octanol–water partition coefficient (Wildman–Crippen LogP) is 2.65. The van der Waals surface area contributed by atoms with Gasteiger partial charge in [-0.15, -0.1) is 0 Å². The van der Waals surface area contributed by atoms with Crippen LogP contribution in [0.1, 0.15) is 5.56 Å². The molecule has 49 valence electrons. The molecule has 1 radical (unpaired) electrons. The molecule has 1 heterocycles. The van der Waals surface area contributed by atoms with Crippen molar-refractivity contribution in [3.63, 3.8) is 0 Å². The molecule has 0 spiro atoms. The smallest absolute Gasteiger partial charge is 0.0157 e. The van der Waals surface area contributed by atoms with Crippen LogP contribution < -0.4 is 0 Å². The highest BCUT2D eigenvalue weighted by molar-refractivity contribution is 8.02. The fraction of sp³-hybridized carbons (Fsp3) is 0.111. The first-order chi connectivity index (χ1) is 4.97. The van der Waals surface area contributed by atoms with Crippen molar-refractivity contribution in [2.75, 3.05) is 0 Å². The van der Waals surface area contributed by atoms with Crippen LogP contribution >= 0.6 is 11.8 Å². The summed E-state index contributed by atoms with van der Waals surface area (Å²) < 4.78 is 0. The first-order valence-electron chi connectivity index (χ1n) is 3.28. The van der Waals surface area contributed by atoms with E-state index in [0.717, 1.165) is 6.42 Å². The van der Waals surface area contributed by atoms with Crippen molar-refractivity contribution in [2.24, 2.45) is 0 Å². The summed E-state index contributed by atoms with van der Waals surface area (Å²) in [6.07, 6.45) is 3.21. The molecule has 0 amide bonds. The van der Waals surface area contributed by atoms with Gasteiger partial charge >= 0.3 is 0 Å². The lowest BCUT2D eigenvalue weighted by Crippen LogP contribution is -1.87. The third-order valence-electron chi connectivity index (χ3n) is 1.51. The molecule has 10 heavy (non-hydrogen) atoms. The van der Waals surface area contributed by atoms with E-state index in [1.165, 1.54) is 10.5 Å². The third-order valence-corrected chi connectivity index (χ3v) is 2.48. The van der Waals surface area contributed by atoms with Gasteiger partial charge in [-0.3, -0.25) is 0 Å². The lowest BCUT2D eigenvalue weighted by atomic mass is 10.1. The van der Waals surface area contributed by atoms with E-state index in [2.05, 4.69) is 23.6 Å². The molecule has 1 aliphatic heterocycles. The predicted molar refractivity (Wildman–Crippen MR) is 44.0 cm³/mol. The Kier molecular flexibility index (Phi) is 1.52. The number of thioether (sulfide) groups is 1. The van der Waals surface area contributed by atoms with Gasteiger partial charge in [-0.1, -0.05) is 30.0 Å². The fourth-order valence-corrected chi connectivity index (χ4v) is 1.79. The number of benzene rings is 1. The molecule has 0 saturated carbocycles. The molecule has 1 aromatic carbocycles. The topological polar surface area (TPSA) is 0 Å². The molecule has 1 aliphatic rings. The summed E-state index contributed by atoms with van der Waals surface area (Å²) in [5.41, 5.74) is 1.33. The highest BCUT2D eigenvalue weighted by Crippen LogP contribution is 2.27. The molecule has 0 saturated heterocycles. The standard InChI is InChI=1S/C9H7S/c1-2-6-9-8(4-1)5-3-7-10-9/h1-3,6-7H,5H2. The van der Waals surface area contributed by atoms with Crippen molar-refractivity contribution in [1.29, 1.82) is 0 Å². The Morgan fingerprint density at radius 1 is 1.50 bits per heavy atom. The van der Waals surface area contributed by atoms with E-state index in [4.69, 9.17) is 0 Å². The zero-order valence-corrected chi connectivity index (χ0v) is 6.32. The molecule has 0 bridgehead atoms. The van der Waals surface area contributed by atoms with Crippen LogP contribution in [0.25, 0.3) is 0 Å². The number of rotatable bonds is 0. The van der Waals surface area contributed by atoms with Gasteiger partial charge in [-0.25, -0.2) is 0 Å². The van der Waals surface area contributed by atoms with E-state index >= 15 is 0 Å². The quantitative estimate of drug-likeness (QED) is 0.543. The average Bonchev–Trinajstić information content (AvgIpc) is 2.05. The van der Waals surface area contributed by atoms with Crippen molar-refractivity contribution in [3.05, 3.63) is 41.3 Å². The summed E-state index contributed by atoms with van der Waals surface area (Å²) in [7, 11) is 0. The van der Waals surface area contributed by atoms with Crippen LogP contribution in [-0.4, -0.2) is 0 Å². The minimum Gasteiger partial charge on any atom is -0.0981 e. The largest absolute Gasteiger partial charge is 0.0981 e. The van der Waals surface area contributed by atoms with Gasteiger partial charge in [0, 0.05) is 4.90 Å². The lowest BCUT2D eigenvalue weighted by molar-refractivity contribution is 1.17. The van der Waals surface area contributed by atoms with Gasteiger partial charge in [0.1, 0.15) is 0 Å². The minimum absolute atomic E-state index is 1.04. The van der Waals surface area contributed by atoms with E-state index in [9.17, 15) is 0 Å². The lowest BCUT2D eigenvalue weighted by Gasteiger charge is -2.07. The molecule has 0 aliphatic carbocycles. The number of hydrogen-bond acceptors (Lipinski definition) is 1. The maximum absolute atomic E-state index is 3.22. The van der Waals surface area contributed by atoms with Crippen LogP contribution in [0.4, 0.5) is 0 Å². The summed E-state index contributed by atoms with van der Waals surface area (Å²) in [5.74, 6) is 0. The minimum atomic E-state index is 1.04. The summed E-state index contributed by atoms with van der Waals surface area (Å²) >= 11 is 1.78. The first kappa shape index (κ1) is 6.05. The molecular weight excluding hydrogens is 140 g/mol. The van der Waals surface area contributed by atoms with E-state index in [1.54, 1.807) is 11.8 Å². The highest BCUT2D eigenvalue weighted by Gasteiger charge is 2.02. The highest BCUT2D eigenvalue weighted by atomic mass is 32.2. The molecule has 0 nitrogen and oxygen atoms in total. The molecule has 0 aromatic heterocycles. The molecule has 2 rings (SSSR count). The average molecular weight is 147 g/mol. The van der Waals surface area contributed by atoms with Crippen molar-refractivity contribution in [1.82, 2.24) is 0 Å². The summed E-state index contributed by atoms with van der Waals surface area (Å²) in [4.78, 5) is 1.35. The second-order valence-corrected chi connectivity index (χ2v) is 3.15. The molecule has 1 heteroatoms. The Labute approximate surface area is 65.0 Å². The third kappa shape index (κ3) is 0.971. The normalized spacial score (nSPS) is 14.8. The Morgan fingerprint density at radius 3 is 3.40 bits per heavy atom. The number of fused-ring (bicyclic) bond motifs is 1. The maximum Gasteiger partial charge on any atom is 0.0157 e. The van der Waals surface area contributed by atoms with Crippen molar-refractivity contribution in [3.8, 4) is 0 Å². The first-order valence-corrected chi connectivity index (χ1v) is 4.16. The van der Waals surface area contributed by atoms with Gasteiger partial charge in [0.05, 0.1) is 0 Å². The monoisotopic (exact) mass is 147 g/mol. The van der Waals surface area contributed by atoms with Crippen LogP contribution in [0.15, 0.2) is 34.6 Å². The second kappa shape index (κ2) is 2.51. The molecule has 0 N–H and O–H groups in total. The maximum atomic E-state index is 3.22. The van der Waals surface area contributed by atoms with E-state index in [0.29, 0.717) is 0 Å². The number of hydrogen-bond donors (Lipinski definition) is 0.